The van der Waals surface area contributed by atoms with Gasteiger partial charge in [-0.15, -0.1) is 0 Å². The average molecular weight is 441 g/mol. The second-order valence-corrected chi connectivity index (χ2v) is 9.35. The molecule has 0 saturated heterocycles. The van der Waals surface area contributed by atoms with E-state index in [0.717, 1.165) is 25.2 Å². The molecule has 182 valence electrons. The maximum Gasteiger partial charge on any atom is 0.326 e. The highest BCUT2D eigenvalue weighted by Gasteiger charge is 2.27. The monoisotopic (exact) mass is 440 g/mol. The molecule has 6 nitrogen and oxygen atoms in total. The Balaban J connectivity index is 3.73. The lowest BCUT2D eigenvalue weighted by atomic mass is 10.0. The fourth-order valence-corrected chi connectivity index (χ4v) is 4.00. The quantitative estimate of drug-likeness (QED) is 0.224. The fourth-order valence-electron chi connectivity index (χ4n) is 4.00. The normalized spacial score (nSPS) is 12.1. The van der Waals surface area contributed by atoms with E-state index >= 15 is 0 Å². The first kappa shape index (κ1) is 29.4. The van der Waals surface area contributed by atoms with Crippen LogP contribution < -0.4 is 5.73 Å². The molecular weight excluding hydrogens is 392 g/mol. The van der Waals surface area contributed by atoms with Crippen LogP contribution in [-0.2, 0) is 14.4 Å². The van der Waals surface area contributed by atoms with Crippen LogP contribution in [0.5, 0.6) is 0 Å². The number of amides is 2. The maximum atomic E-state index is 11.9. The zero-order valence-corrected chi connectivity index (χ0v) is 20.4. The molecule has 6 heteroatoms. The molecule has 0 aliphatic heterocycles. The first-order valence-electron chi connectivity index (χ1n) is 12.5. The van der Waals surface area contributed by atoms with Crippen LogP contribution >= 0.6 is 0 Å². The van der Waals surface area contributed by atoms with E-state index in [-0.39, 0.29) is 18.7 Å². The minimum Gasteiger partial charge on any atom is -0.480 e. The van der Waals surface area contributed by atoms with Crippen LogP contribution in [0.25, 0.3) is 0 Å². The topological polar surface area (TPSA) is 101 Å². The Morgan fingerprint density at radius 1 is 0.742 bits per heavy atom. The van der Waals surface area contributed by atoms with Crippen LogP contribution in [0.1, 0.15) is 124 Å². The third-order valence-corrected chi connectivity index (χ3v) is 5.91. The fraction of sp³-hybridized carbons (Fsp3) is 0.880. The zero-order valence-electron chi connectivity index (χ0n) is 20.4. The van der Waals surface area contributed by atoms with E-state index in [2.05, 4.69) is 13.8 Å². The highest BCUT2D eigenvalue weighted by molar-refractivity contribution is 5.83. The number of carbonyl (C=O) groups is 3. The van der Waals surface area contributed by atoms with Gasteiger partial charge in [-0.2, -0.15) is 0 Å². The van der Waals surface area contributed by atoms with Crippen molar-refractivity contribution in [2.75, 3.05) is 6.54 Å². The molecule has 0 aromatic heterocycles. The van der Waals surface area contributed by atoms with E-state index in [1.807, 2.05) is 0 Å². The van der Waals surface area contributed by atoms with Gasteiger partial charge in [0.15, 0.2) is 0 Å². The molecule has 0 aromatic rings. The third kappa shape index (κ3) is 17.8. The molecule has 0 rings (SSSR count). The number of hydrogen-bond acceptors (Lipinski definition) is 3. The summed E-state index contributed by atoms with van der Waals surface area (Å²) in [5.74, 6) is -1.05. The molecule has 0 aromatic carbocycles. The largest absolute Gasteiger partial charge is 0.480 e. The van der Waals surface area contributed by atoms with Gasteiger partial charge in [-0.1, -0.05) is 97.3 Å². The Morgan fingerprint density at radius 2 is 1.16 bits per heavy atom. The van der Waals surface area contributed by atoms with Gasteiger partial charge in [0.25, 0.3) is 0 Å². The summed E-state index contributed by atoms with van der Waals surface area (Å²) in [5, 5.41) is 9.39. The van der Waals surface area contributed by atoms with Gasteiger partial charge >= 0.3 is 5.97 Å². The third-order valence-electron chi connectivity index (χ3n) is 5.91. The molecule has 3 N–H and O–H groups in total. The Hall–Kier alpha value is -1.59. The van der Waals surface area contributed by atoms with Crippen LogP contribution in [0.3, 0.4) is 0 Å². The molecule has 31 heavy (non-hydrogen) atoms. The van der Waals surface area contributed by atoms with Crippen molar-refractivity contribution in [1.29, 1.82) is 0 Å². The summed E-state index contributed by atoms with van der Waals surface area (Å²) < 4.78 is 0. The lowest BCUT2D eigenvalue weighted by molar-refractivity contribution is -0.150. The molecule has 0 spiro atoms. The van der Waals surface area contributed by atoms with Gasteiger partial charge in [0, 0.05) is 19.9 Å². The average Bonchev–Trinajstić information content (AvgIpc) is 2.68. The van der Waals surface area contributed by atoms with Crippen molar-refractivity contribution in [1.82, 2.24) is 4.90 Å². The van der Waals surface area contributed by atoms with E-state index in [1.54, 1.807) is 0 Å². The summed E-state index contributed by atoms with van der Waals surface area (Å²) in [6.45, 7) is 6.39. The van der Waals surface area contributed by atoms with Gasteiger partial charge < -0.3 is 15.7 Å². The highest BCUT2D eigenvalue weighted by atomic mass is 16.4. The number of hydrogen-bond donors (Lipinski definition) is 2. The summed E-state index contributed by atoms with van der Waals surface area (Å²) in [6.07, 6.45) is 17.6. The lowest BCUT2D eigenvalue weighted by Gasteiger charge is -2.27. The van der Waals surface area contributed by atoms with Gasteiger partial charge in [0.2, 0.25) is 11.8 Å². The van der Waals surface area contributed by atoms with Crippen LogP contribution in [0, 0.1) is 5.92 Å². The van der Waals surface area contributed by atoms with Crippen LogP contribution in [0.2, 0.25) is 0 Å². The number of aliphatic carboxylic acids is 1. The Morgan fingerprint density at radius 3 is 1.52 bits per heavy atom. The molecule has 0 heterocycles. The van der Waals surface area contributed by atoms with Crippen molar-refractivity contribution in [2.45, 2.75) is 130 Å². The van der Waals surface area contributed by atoms with Crippen molar-refractivity contribution in [2.24, 2.45) is 11.7 Å². The molecule has 0 unspecified atom stereocenters. The van der Waals surface area contributed by atoms with Crippen molar-refractivity contribution < 1.29 is 19.5 Å². The van der Waals surface area contributed by atoms with E-state index in [1.165, 1.54) is 82.5 Å². The van der Waals surface area contributed by atoms with Crippen molar-refractivity contribution in [3.8, 4) is 0 Å². The minimum absolute atomic E-state index is 0.0289. The Kier molecular flexibility index (Phi) is 18.1. The second kappa shape index (κ2) is 19.1. The maximum absolute atomic E-state index is 11.9. The molecule has 0 aliphatic rings. The summed E-state index contributed by atoms with van der Waals surface area (Å²) in [5.41, 5.74) is 5.12. The number of rotatable bonds is 21. The molecule has 0 saturated carbocycles. The van der Waals surface area contributed by atoms with E-state index in [9.17, 15) is 19.5 Å². The number of nitrogens with zero attached hydrogens (tertiary/aromatic N) is 1. The van der Waals surface area contributed by atoms with Gasteiger partial charge in [0.1, 0.15) is 6.04 Å². The number of unbranched alkanes of at least 4 members (excludes halogenated alkanes) is 12. The SMILES string of the molecule is CC(=O)N(CCCCCCCCCCCCCCCC(C)C)[C@@H](CCC(N)=O)C(=O)O. The predicted octanol–water partition coefficient (Wildman–Crippen LogP) is 5.67. The first-order chi connectivity index (χ1) is 14.8. The van der Waals surface area contributed by atoms with Crippen LogP contribution in [-0.4, -0.2) is 40.4 Å². The molecule has 0 aliphatic carbocycles. The molecule has 2 amide bonds. The first-order valence-corrected chi connectivity index (χ1v) is 12.5. The van der Waals surface area contributed by atoms with Crippen molar-refractivity contribution >= 4 is 17.8 Å². The van der Waals surface area contributed by atoms with Gasteiger partial charge in [-0.3, -0.25) is 9.59 Å². The highest BCUT2D eigenvalue weighted by Crippen LogP contribution is 2.15. The summed E-state index contributed by atoms with van der Waals surface area (Å²) in [7, 11) is 0. The van der Waals surface area contributed by atoms with E-state index in [4.69, 9.17) is 5.73 Å². The standard InChI is InChI=1S/C25H48N2O4/c1-21(2)17-15-13-11-9-7-5-4-6-8-10-12-14-16-20-27(22(3)28)23(25(30)31)18-19-24(26)29/h21,23H,4-20H2,1-3H3,(H2,26,29)(H,30,31)/t23-/m0/s1. The molecule has 0 radical (unpaired) electrons. The van der Waals surface area contributed by atoms with Crippen molar-refractivity contribution in [3.05, 3.63) is 0 Å². The zero-order chi connectivity index (χ0) is 23.5. The lowest BCUT2D eigenvalue weighted by Crippen LogP contribution is -2.45. The molecule has 0 fully saturated rings. The molecule has 0 bridgehead atoms. The van der Waals surface area contributed by atoms with Gasteiger partial charge in [-0.05, 0) is 18.8 Å². The Bertz CT molecular complexity index is 494. The van der Waals surface area contributed by atoms with Crippen LogP contribution in [0.4, 0.5) is 0 Å². The second-order valence-electron chi connectivity index (χ2n) is 9.35. The number of nitrogens with two attached hydrogens (primary N) is 1. The van der Waals surface area contributed by atoms with Gasteiger partial charge in [-0.25, -0.2) is 4.79 Å². The Labute approximate surface area is 190 Å². The van der Waals surface area contributed by atoms with Crippen LogP contribution in [0.15, 0.2) is 0 Å². The number of primary amides is 1. The van der Waals surface area contributed by atoms with Crippen molar-refractivity contribution in [3.63, 3.8) is 0 Å². The smallest absolute Gasteiger partial charge is 0.326 e. The molecule has 1 atom stereocenters. The summed E-state index contributed by atoms with van der Waals surface area (Å²) >= 11 is 0. The van der Waals surface area contributed by atoms with Gasteiger partial charge in [0.05, 0.1) is 0 Å². The summed E-state index contributed by atoms with van der Waals surface area (Å²) in [6, 6.07) is -0.972. The number of carboxylic acids is 1. The molecular formula is C25H48N2O4. The van der Waals surface area contributed by atoms with E-state index in [0.29, 0.717) is 6.54 Å². The number of carboxylic acid groups (broad SMARTS) is 1. The predicted molar refractivity (Wildman–Crippen MR) is 127 cm³/mol. The number of carbonyl (C=O) groups excluding carboxylic acids is 2. The summed E-state index contributed by atoms with van der Waals surface area (Å²) in [4.78, 5) is 35.7. The minimum atomic E-state index is -1.08. The van der Waals surface area contributed by atoms with E-state index < -0.39 is 17.9 Å².